The van der Waals surface area contributed by atoms with E-state index in [9.17, 15) is 8.42 Å². The van der Waals surface area contributed by atoms with Crippen molar-refractivity contribution < 1.29 is 13.5 Å². The van der Waals surface area contributed by atoms with Gasteiger partial charge in [-0.15, -0.1) is 0 Å². The Morgan fingerprint density at radius 3 is 2.67 bits per heavy atom. The molecule has 0 saturated carbocycles. The van der Waals surface area contributed by atoms with Gasteiger partial charge in [0.05, 0.1) is 18.1 Å². The van der Waals surface area contributed by atoms with E-state index in [1.54, 1.807) is 0 Å². The average molecular weight is 307 g/mol. The lowest BCUT2D eigenvalue weighted by Gasteiger charge is -2.33. The van der Waals surface area contributed by atoms with Crippen molar-refractivity contribution in [3.8, 4) is 11.8 Å². The van der Waals surface area contributed by atoms with Crippen molar-refractivity contribution in [1.82, 2.24) is 4.90 Å². The highest BCUT2D eigenvalue weighted by Gasteiger charge is 2.27. The maximum atomic E-state index is 11.6. The average Bonchev–Trinajstić information content (AvgIpc) is 2.43. The van der Waals surface area contributed by atoms with Gasteiger partial charge in [-0.25, -0.2) is 8.42 Å². The monoisotopic (exact) mass is 307 g/mol. The van der Waals surface area contributed by atoms with Gasteiger partial charge >= 0.3 is 0 Å². The lowest BCUT2D eigenvalue weighted by molar-refractivity contribution is 0.218. The minimum Gasteiger partial charge on any atom is -0.395 e. The Balaban J connectivity index is 1.96. The van der Waals surface area contributed by atoms with Crippen molar-refractivity contribution in [1.29, 1.82) is 0 Å². The molecule has 0 bridgehead atoms. The van der Waals surface area contributed by atoms with Gasteiger partial charge in [-0.2, -0.15) is 0 Å². The smallest absolute Gasteiger partial charge is 0.153 e. The van der Waals surface area contributed by atoms with E-state index in [4.69, 9.17) is 5.11 Å². The summed E-state index contributed by atoms with van der Waals surface area (Å²) >= 11 is 0. The first kappa shape index (κ1) is 16.0. The van der Waals surface area contributed by atoms with E-state index in [1.807, 2.05) is 31.2 Å². The van der Waals surface area contributed by atoms with E-state index in [1.165, 1.54) is 0 Å². The molecule has 114 valence electrons. The van der Waals surface area contributed by atoms with E-state index in [0.29, 0.717) is 13.0 Å². The third kappa shape index (κ3) is 4.85. The Morgan fingerprint density at radius 1 is 1.33 bits per heavy atom. The Morgan fingerprint density at radius 2 is 2.05 bits per heavy atom. The van der Waals surface area contributed by atoms with Crippen molar-refractivity contribution in [3.63, 3.8) is 0 Å². The number of nitrogens with zero attached hydrogens (tertiary/aromatic N) is 1. The molecule has 21 heavy (non-hydrogen) atoms. The molecule has 1 heterocycles. The van der Waals surface area contributed by atoms with Gasteiger partial charge < -0.3 is 5.11 Å². The highest BCUT2D eigenvalue weighted by Crippen LogP contribution is 2.15. The molecule has 4 nitrogen and oxygen atoms in total. The molecule has 1 aromatic rings. The predicted molar refractivity (Wildman–Crippen MR) is 83.5 cm³/mol. The summed E-state index contributed by atoms with van der Waals surface area (Å²) < 4.78 is 23.1. The van der Waals surface area contributed by atoms with Gasteiger partial charge in [0.15, 0.2) is 9.84 Å². The van der Waals surface area contributed by atoms with Gasteiger partial charge in [0.2, 0.25) is 0 Å². The van der Waals surface area contributed by atoms with Crippen LogP contribution in [-0.2, 0) is 16.4 Å². The van der Waals surface area contributed by atoms with Gasteiger partial charge in [0.1, 0.15) is 0 Å². The molecule has 1 aliphatic heterocycles. The summed E-state index contributed by atoms with van der Waals surface area (Å²) in [7, 11) is -2.86. The highest BCUT2D eigenvalue weighted by molar-refractivity contribution is 7.91. The molecule has 1 aliphatic rings. The third-order valence-electron chi connectivity index (χ3n) is 3.62. The van der Waals surface area contributed by atoms with Crippen LogP contribution in [0.4, 0.5) is 0 Å². The first-order valence-corrected chi connectivity index (χ1v) is 8.95. The molecule has 1 N–H and O–H groups in total. The zero-order valence-electron chi connectivity index (χ0n) is 12.2. The summed E-state index contributed by atoms with van der Waals surface area (Å²) in [4.78, 5) is 2.20. The van der Waals surface area contributed by atoms with Crippen molar-refractivity contribution in [2.45, 2.75) is 25.9 Å². The fourth-order valence-corrected chi connectivity index (χ4v) is 4.04. The first-order chi connectivity index (χ1) is 10.00. The summed E-state index contributed by atoms with van der Waals surface area (Å²) in [6.45, 7) is 3.41. The van der Waals surface area contributed by atoms with Crippen LogP contribution in [0.2, 0.25) is 0 Å². The maximum absolute atomic E-state index is 11.6. The van der Waals surface area contributed by atoms with Crippen LogP contribution in [0.3, 0.4) is 0 Å². The summed E-state index contributed by atoms with van der Waals surface area (Å²) in [6, 6.07) is 8.04. The number of benzene rings is 1. The van der Waals surface area contributed by atoms with Crippen LogP contribution in [0.5, 0.6) is 0 Å². The van der Waals surface area contributed by atoms with Gasteiger partial charge in [-0.1, -0.05) is 24.0 Å². The Labute approximate surface area is 126 Å². The largest absolute Gasteiger partial charge is 0.395 e. The molecule has 1 saturated heterocycles. The Hall–Kier alpha value is -1.35. The molecular weight excluding hydrogens is 286 g/mol. The molecule has 0 radical (unpaired) electrons. The molecule has 0 aromatic heterocycles. The molecular formula is C16H21NO3S. The predicted octanol–water partition coefficient (Wildman–Crippen LogP) is 1.04. The number of rotatable bonds is 3. The van der Waals surface area contributed by atoms with E-state index < -0.39 is 9.84 Å². The van der Waals surface area contributed by atoms with Crippen molar-refractivity contribution in [2.24, 2.45) is 0 Å². The van der Waals surface area contributed by atoms with Crippen molar-refractivity contribution in [3.05, 3.63) is 35.4 Å². The quantitative estimate of drug-likeness (QED) is 0.848. The molecule has 0 spiro atoms. The van der Waals surface area contributed by atoms with E-state index >= 15 is 0 Å². The first-order valence-electron chi connectivity index (χ1n) is 7.13. The molecule has 0 amide bonds. The molecule has 2 rings (SSSR count). The normalized spacial score (nSPS) is 21.5. The third-order valence-corrected chi connectivity index (χ3v) is 5.41. The number of aliphatic hydroxyl groups excluding tert-OH is 1. The molecule has 5 heteroatoms. The van der Waals surface area contributed by atoms with Crippen LogP contribution in [0, 0.1) is 11.8 Å². The number of sulfone groups is 1. The summed E-state index contributed by atoms with van der Waals surface area (Å²) in [5.41, 5.74) is 2.09. The fourth-order valence-electron chi connectivity index (χ4n) is 2.42. The van der Waals surface area contributed by atoms with Gasteiger partial charge in [-0.05, 0) is 24.6 Å². The van der Waals surface area contributed by atoms with Crippen LogP contribution >= 0.6 is 0 Å². The summed E-state index contributed by atoms with van der Waals surface area (Å²) in [5, 5.41) is 8.68. The second-order valence-corrected chi connectivity index (χ2v) is 7.63. The number of hydrogen-bond donors (Lipinski definition) is 1. The Kier molecular flexibility index (Phi) is 5.40. The Bertz CT molecular complexity index is 626. The number of aliphatic hydroxyl groups is 1. The maximum Gasteiger partial charge on any atom is 0.153 e. The van der Waals surface area contributed by atoms with Crippen LogP contribution < -0.4 is 0 Å². The van der Waals surface area contributed by atoms with Crippen LogP contribution in [-0.4, -0.2) is 49.1 Å². The second kappa shape index (κ2) is 7.08. The van der Waals surface area contributed by atoms with E-state index in [0.717, 1.165) is 17.7 Å². The zero-order valence-corrected chi connectivity index (χ0v) is 13.1. The molecule has 1 fully saturated rings. The lowest BCUT2D eigenvalue weighted by Crippen LogP contribution is -2.46. The van der Waals surface area contributed by atoms with Crippen LogP contribution in [0.25, 0.3) is 0 Å². The van der Waals surface area contributed by atoms with Gasteiger partial charge in [-0.3, -0.25) is 4.90 Å². The molecule has 0 aliphatic carbocycles. The molecule has 1 unspecified atom stereocenters. The van der Waals surface area contributed by atoms with Crippen molar-refractivity contribution >= 4 is 9.84 Å². The lowest BCUT2D eigenvalue weighted by atomic mass is 10.1. The van der Waals surface area contributed by atoms with E-state index in [-0.39, 0.29) is 24.2 Å². The molecule has 1 atom stereocenters. The topological polar surface area (TPSA) is 57.6 Å². The van der Waals surface area contributed by atoms with Crippen molar-refractivity contribution in [2.75, 3.05) is 24.7 Å². The van der Waals surface area contributed by atoms with Crippen LogP contribution in [0.15, 0.2) is 24.3 Å². The fraction of sp³-hybridized carbons (Fsp3) is 0.500. The highest BCUT2D eigenvalue weighted by atomic mass is 32.2. The SMILES string of the molecule is CC1CS(=O)(=O)CCN1Cc1ccc(C#CCCO)cc1. The van der Waals surface area contributed by atoms with Crippen LogP contribution in [0.1, 0.15) is 24.5 Å². The van der Waals surface area contributed by atoms with E-state index in [2.05, 4.69) is 16.7 Å². The van der Waals surface area contributed by atoms with Gasteiger partial charge in [0, 0.05) is 31.1 Å². The summed E-state index contributed by atoms with van der Waals surface area (Å²) in [5.74, 6) is 6.38. The minimum atomic E-state index is -2.86. The molecule has 1 aromatic carbocycles. The number of hydrogen-bond acceptors (Lipinski definition) is 4. The zero-order chi connectivity index (χ0) is 15.3. The summed E-state index contributed by atoms with van der Waals surface area (Å²) in [6.07, 6.45) is 0.488. The second-order valence-electron chi connectivity index (χ2n) is 5.41. The van der Waals surface area contributed by atoms with Gasteiger partial charge in [0.25, 0.3) is 0 Å². The minimum absolute atomic E-state index is 0.0628. The standard InChI is InChI=1S/C16H21NO3S/c1-14-13-21(19,20)11-9-17(14)12-16-7-5-15(6-8-16)4-2-3-10-18/h5-8,14,18H,3,9-13H2,1H3.